The van der Waals surface area contributed by atoms with Crippen LogP contribution in [0.1, 0.15) is 18.9 Å². The number of aromatic nitrogens is 4. The van der Waals surface area contributed by atoms with Gasteiger partial charge in [-0.25, -0.2) is 14.2 Å². The van der Waals surface area contributed by atoms with Crippen molar-refractivity contribution in [3.05, 3.63) is 76.6 Å². The maximum absolute atomic E-state index is 13.2. The zero-order chi connectivity index (χ0) is 18.4. The van der Waals surface area contributed by atoms with Gasteiger partial charge in [0.25, 0.3) is 5.56 Å². The Balaban J connectivity index is 1.70. The first-order valence-electron chi connectivity index (χ1n) is 8.77. The van der Waals surface area contributed by atoms with Crippen molar-refractivity contribution in [1.29, 1.82) is 0 Å². The normalized spacial score (nSPS) is 13.8. The molecule has 7 heteroatoms. The first kappa shape index (κ1) is 16.1. The molecule has 5 rings (SSSR count). The fourth-order valence-corrected chi connectivity index (χ4v) is 3.52. The minimum atomic E-state index is -0.0563. The number of nitrogens with one attached hydrogen (secondary N) is 1. The Morgan fingerprint density at radius 3 is 2.59 bits per heavy atom. The predicted octanol–water partition coefficient (Wildman–Crippen LogP) is 4.29. The Kier molecular flexibility index (Phi) is 3.72. The standard InChI is InChI=1S/C20H16ClN5O/c21-17-4-2-1-3-16(17)18-19-23-11-14(24-13-7-9-22-10-8-13)12-25(19)26(20(18)27)15-5-6-15/h1-4,7-12,15H,5-6H2,(H,22,24). The average molecular weight is 378 g/mol. The Hall–Kier alpha value is -3.12. The van der Waals surface area contributed by atoms with Gasteiger partial charge < -0.3 is 5.32 Å². The molecule has 0 saturated heterocycles. The Bertz CT molecular complexity index is 1190. The third-order valence-electron chi connectivity index (χ3n) is 4.69. The lowest BCUT2D eigenvalue weighted by Crippen LogP contribution is -2.19. The molecule has 0 aliphatic heterocycles. The van der Waals surface area contributed by atoms with Crippen LogP contribution in [0.3, 0.4) is 0 Å². The zero-order valence-corrected chi connectivity index (χ0v) is 15.1. The van der Waals surface area contributed by atoms with Crippen molar-refractivity contribution in [2.45, 2.75) is 18.9 Å². The van der Waals surface area contributed by atoms with Gasteiger partial charge in [0, 0.05) is 28.7 Å². The third kappa shape index (κ3) is 2.78. The molecular formula is C20H16ClN5O. The van der Waals surface area contributed by atoms with E-state index in [1.54, 1.807) is 29.3 Å². The Morgan fingerprint density at radius 2 is 1.85 bits per heavy atom. The molecule has 3 heterocycles. The number of fused-ring (bicyclic) bond motifs is 1. The SMILES string of the molecule is O=c1c(-c2ccccc2Cl)c2ncc(Nc3ccncc3)cn2n1C1CC1. The Morgan fingerprint density at radius 1 is 1.07 bits per heavy atom. The van der Waals surface area contributed by atoms with Gasteiger partial charge in [-0.05, 0) is 31.0 Å². The molecule has 1 aliphatic rings. The van der Waals surface area contributed by atoms with Crippen LogP contribution in [-0.2, 0) is 0 Å². The molecule has 27 heavy (non-hydrogen) atoms. The summed E-state index contributed by atoms with van der Waals surface area (Å²) in [6.07, 6.45) is 9.07. The number of nitrogens with zero attached hydrogens (tertiary/aromatic N) is 4. The van der Waals surface area contributed by atoms with E-state index in [4.69, 9.17) is 11.6 Å². The van der Waals surface area contributed by atoms with E-state index in [0.717, 1.165) is 24.2 Å². The van der Waals surface area contributed by atoms with E-state index in [9.17, 15) is 4.79 Å². The molecule has 0 unspecified atom stereocenters. The second-order valence-corrected chi connectivity index (χ2v) is 7.01. The maximum atomic E-state index is 13.2. The zero-order valence-electron chi connectivity index (χ0n) is 14.3. The highest BCUT2D eigenvalue weighted by molar-refractivity contribution is 6.33. The van der Waals surface area contributed by atoms with Crippen LogP contribution in [0.25, 0.3) is 16.8 Å². The fraction of sp³-hybridized carbons (Fsp3) is 0.150. The number of pyridine rings is 1. The van der Waals surface area contributed by atoms with Gasteiger partial charge in [-0.15, -0.1) is 0 Å². The van der Waals surface area contributed by atoms with Crippen molar-refractivity contribution in [3.8, 4) is 11.1 Å². The largest absolute Gasteiger partial charge is 0.353 e. The first-order valence-corrected chi connectivity index (χ1v) is 9.15. The van der Waals surface area contributed by atoms with Crippen LogP contribution in [0.2, 0.25) is 5.02 Å². The first-order chi connectivity index (χ1) is 13.2. The second-order valence-electron chi connectivity index (χ2n) is 6.61. The highest BCUT2D eigenvalue weighted by Gasteiger charge is 2.30. The van der Waals surface area contributed by atoms with Crippen molar-refractivity contribution in [2.75, 3.05) is 5.32 Å². The van der Waals surface area contributed by atoms with E-state index in [-0.39, 0.29) is 11.6 Å². The van der Waals surface area contributed by atoms with Gasteiger partial charge in [-0.2, -0.15) is 0 Å². The highest BCUT2D eigenvalue weighted by atomic mass is 35.5. The van der Waals surface area contributed by atoms with Gasteiger partial charge in [-0.3, -0.25) is 9.78 Å². The number of rotatable bonds is 4. The molecule has 1 aliphatic carbocycles. The van der Waals surface area contributed by atoms with Gasteiger partial charge in [0.05, 0.1) is 29.7 Å². The molecule has 1 aromatic carbocycles. The summed E-state index contributed by atoms with van der Waals surface area (Å²) in [7, 11) is 0. The minimum absolute atomic E-state index is 0.0563. The number of benzene rings is 1. The molecule has 1 fully saturated rings. The molecule has 0 atom stereocenters. The van der Waals surface area contributed by atoms with Gasteiger partial charge in [0.2, 0.25) is 0 Å². The van der Waals surface area contributed by atoms with Crippen molar-refractivity contribution in [2.24, 2.45) is 0 Å². The molecule has 6 nitrogen and oxygen atoms in total. The summed E-state index contributed by atoms with van der Waals surface area (Å²) in [4.78, 5) is 21.8. The number of halogens is 1. The van der Waals surface area contributed by atoms with Crippen LogP contribution in [0, 0.1) is 0 Å². The molecule has 1 N–H and O–H groups in total. The van der Waals surface area contributed by atoms with Gasteiger partial charge in [-0.1, -0.05) is 29.8 Å². The highest BCUT2D eigenvalue weighted by Crippen LogP contribution is 2.36. The van der Waals surface area contributed by atoms with Gasteiger partial charge in [0.1, 0.15) is 0 Å². The molecule has 4 aromatic rings. The molecule has 0 bridgehead atoms. The summed E-state index contributed by atoms with van der Waals surface area (Å²) < 4.78 is 3.64. The summed E-state index contributed by atoms with van der Waals surface area (Å²) in [5, 5.41) is 3.84. The third-order valence-corrected chi connectivity index (χ3v) is 5.02. The lowest BCUT2D eigenvalue weighted by Gasteiger charge is -2.09. The van der Waals surface area contributed by atoms with E-state index in [0.29, 0.717) is 21.8 Å². The number of anilines is 2. The van der Waals surface area contributed by atoms with Gasteiger partial charge >= 0.3 is 0 Å². The fourth-order valence-electron chi connectivity index (χ4n) is 3.29. The minimum Gasteiger partial charge on any atom is -0.353 e. The summed E-state index contributed by atoms with van der Waals surface area (Å²) in [6.45, 7) is 0. The molecular weight excluding hydrogens is 362 g/mol. The summed E-state index contributed by atoms with van der Waals surface area (Å²) in [5.41, 5.74) is 3.51. The van der Waals surface area contributed by atoms with Crippen molar-refractivity contribution >= 4 is 28.6 Å². The molecule has 0 radical (unpaired) electrons. The van der Waals surface area contributed by atoms with E-state index in [1.165, 1.54) is 0 Å². The topological polar surface area (TPSA) is 64.2 Å². The molecule has 134 valence electrons. The van der Waals surface area contributed by atoms with Crippen molar-refractivity contribution in [3.63, 3.8) is 0 Å². The van der Waals surface area contributed by atoms with E-state index in [2.05, 4.69) is 15.3 Å². The average Bonchev–Trinajstić information content (AvgIpc) is 3.47. The predicted molar refractivity (Wildman–Crippen MR) is 106 cm³/mol. The molecule has 1 saturated carbocycles. The van der Waals surface area contributed by atoms with Crippen molar-refractivity contribution in [1.82, 2.24) is 19.2 Å². The number of hydrogen-bond donors (Lipinski definition) is 1. The van der Waals surface area contributed by atoms with Crippen LogP contribution in [0.15, 0.2) is 66.0 Å². The second kappa shape index (κ2) is 6.25. The molecule has 3 aromatic heterocycles. The Labute approximate surface area is 160 Å². The van der Waals surface area contributed by atoms with E-state index < -0.39 is 0 Å². The summed E-state index contributed by atoms with van der Waals surface area (Å²) in [6, 6.07) is 11.4. The van der Waals surface area contributed by atoms with E-state index >= 15 is 0 Å². The summed E-state index contributed by atoms with van der Waals surface area (Å²) in [5.74, 6) is 0. The smallest absolute Gasteiger partial charge is 0.277 e. The molecule has 0 spiro atoms. The van der Waals surface area contributed by atoms with Crippen LogP contribution in [0.5, 0.6) is 0 Å². The monoisotopic (exact) mass is 377 g/mol. The van der Waals surface area contributed by atoms with Crippen LogP contribution >= 0.6 is 11.6 Å². The quantitative estimate of drug-likeness (QED) is 0.576. The van der Waals surface area contributed by atoms with Crippen LogP contribution < -0.4 is 10.9 Å². The van der Waals surface area contributed by atoms with Crippen LogP contribution in [0.4, 0.5) is 11.4 Å². The summed E-state index contributed by atoms with van der Waals surface area (Å²) >= 11 is 6.37. The lowest BCUT2D eigenvalue weighted by atomic mass is 10.1. The lowest BCUT2D eigenvalue weighted by molar-refractivity contribution is 0.578. The van der Waals surface area contributed by atoms with Crippen LogP contribution in [-0.4, -0.2) is 19.2 Å². The van der Waals surface area contributed by atoms with Gasteiger partial charge in [0.15, 0.2) is 5.65 Å². The van der Waals surface area contributed by atoms with E-state index in [1.807, 2.05) is 41.0 Å². The molecule has 0 amide bonds. The maximum Gasteiger partial charge on any atom is 0.277 e. The van der Waals surface area contributed by atoms with Crippen molar-refractivity contribution < 1.29 is 0 Å². The number of hydrogen-bond acceptors (Lipinski definition) is 4.